The lowest BCUT2D eigenvalue weighted by molar-refractivity contribution is -0.137. The molecule has 9 heteroatoms. The topological polar surface area (TPSA) is 53.1 Å². The second-order valence-corrected chi connectivity index (χ2v) is 8.55. The van der Waals surface area contributed by atoms with Crippen LogP contribution in [0.5, 0.6) is 5.75 Å². The minimum atomic E-state index is -4.39. The Bertz CT molecular complexity index is 1020. The summed E-state index contributed by atoms with van der Waals surface area (Å²) in [5.74, 6) is 0.172. The van der Waals surface area contributed by atoms with Gasteiger partial charge in [-0.25, -0.2) is 4.90 Å². The summed E-state index contributed by atoms with van der Waals surface area (Å²) in [6.07, 6.45) is -2.31. The molecule has 2 fully saturated rings. The molecule has 0 unspecified atom stereocenters. The van der Waals surface area contributed by atoms with Gasteiger partial charge in [-0.3, -0.25) is 14.5 Å². The Morgan fingerprint density at radius 3 is 2.32 bits per heavy atom. The van der Waals surface area contributed by atoms with Gasteiger partial charge in [0.1, 0.15) is 5.75 Å². The number of halogens is 3. The Labute approximate surface area is 196 Å². The minimum absolute atomic E-state index is 0.0944. The highest BCUT2D eigenvalue weighted by molar-refractivity contribution is 6.22. The molecule has 2 heterocycles. The van der Waals surface area contributed by atoms with Crippen molar-refractivity contribution in [1.29, 1.82) is 0 Å². The van der Waals surface area contributed by atoms with Crippen LogP contribution in [0.25, 0.3) is 0 Å². The molecule has 2 aromatic rings. The molecule has 0 aliphatic carbocycles. The van der Waals surface area contributed by atoms with Gasteiger partial charge in [-0.2, -0.15) is 13.2 Å². The van der Waals surface area contributed by atoms with E-state index < -0.39 is 17.8 Å². The molecule has 0 saturated carbocycles. The van der Waals surface area contributed by atoms with Gasteiger partial charge in [-0.1, -0.05) is 19.4 Å². The zero-order chi connectivity index (χ0) is 24.3. The van der Waals surface area contributed by atoms with Crippen LogP contribution in [-0.2, 0) is 15.8 Å². The lowest BCUT2D eigenvalue weighted by atomic mass is 10.1. The predicted molar refractivity (Wildman–Crippen MR) is 123 cm³/mol. The lowest BCUT2D eigenvalue weighted by Crippen LogP contribution is -2.52. The molecule has 34 heavy (non-hydrogen) atoms. The molecule has 2 aliphatic rings. The second-order valence-electron chi connectivity index (χ2n) is 8.55. The summed E-state index contributed by atoms with van der Waals surface area (Å²) in [5.41, 5.74) is 0.343. The number of amides is 2. The molecule has 6 nitrogen and oxygen atoms in total. The van der Waals surface area contributed by atoms with Crippen LogP contribution in [0, 0.1) is 0 Å². The molecule has 2 aliphatic heterocycles. The Balaban J connectivity index is 1.37. The third-order valence-electron chi connectivity index (χ3n) is 6.28. The van der Waals surface area contributed by atoms with Gasteiger partial charge in [0.25, 0.3) is 5.91 Å². The number of hydrogen-bond donors (Lipinski definition) is 0. The van der Waals surface area contributed by atoms with Crippen LogP contribution in [0.4, 0.5) is 24.5 Å². The summed E-state index contributed by atoms with van der Waals surface area (Å²) >= 11 is 0. The first-order valence-corrected chi connectivity index (χ1v) is 11.5. The van der Waals surface area contributed by atoms with Crippen molar-refractivity contribution in [2.75, 3.05) is 42.6 Å². The van der Waals surface area contributed by atoms with E-state index in [2.05, 4.69) is 6.92 Å². The number of rotatable bonds is 7. The first-order chi connectivity index (χ1) is 16.3. The number of anilines is 2. The molecule has 0 bridgehead atoms. The smallest absolute Gasteiger partial charge is 0.416 e. The first-order valence-electron chi connectivity index (χ1n) is 11.5. The summed E-state index contributed by atoms with van der Waals surface area (Å²) < 4.78 is 44.8. The van der Waals surface area contributed by atoms with Crippen molar-refractivity contribution in [2.45, 2.75) is 38.4 Å². The third kappa shape index (κ3) is 5.19. The highest BCUT2D eigenvalue weighted by atomic mass is 19.4. The Morgan fingerprint density at radius 1 is 0.971 bits per heavy atom. The number of carbonyl (C=O) groups excluding carboxylic acids is 2. The Hall–Kier alpha value is -3.07. The van der Waals surface area contributed by atoms with E-state index in [9.17, 15) is 22.8 Å². The number of alkyl halides is 3. The molecule has 2 saturated heterocycles. The van der Waals surface area contributed by atoms with Crippen molar-refractivity contribution >= 4 is 23.2 Å². The number of carbonyl (C=O) groups is 2. The van der Waals surface area contributed by atoms with Gasteiger partial charge in [0.2, 0.25) is 5.91 Å². The van der Waals surface area contributed by atoms with Crippen LogP contribution in [0.1, 0.15) is 31.7 Å². The van der Waals surface area contributed by atoms with Gasteiger partial charge in [0.15, 0.2) is 0 Å². The van der Waals surface area contributed by atoms with Crippen LogP contribution in [0.2, 0.25) is 0 Å². The summed E-state index contributed by atoms with van der Waals surface area (Å²) in [5, 5.41) is 0. The second kappa shape index (κ2) is 10.0. The molecular weight excluding hydrogens is 447 g/mol. The highest BCUT2D eigenvalue weighted by Crippen LogP contribution is 2.32. The van der Waals surface area contributed by atoms with E-state index in [1.807, 2.05) is 9.80 Å². The number of benzene rings is 2. The summed E-state index contributed by atoms with van der Waals surface area (Å²) in [6, 6.07) is 11.7. The van der Waals surface area contributed by atoms with Crippen molar-refractivity contribution in [3.05, 3.63) is 54.1 Å². The zero-order valence-corrected chi connectivity index (χ0v) is 19.1. The number of unbranched alkanes of at least 4 members (excludes halogenated alkanes) is 1. The lowest BCUT2D eigenvalue weighted by Gasteiger charge is -2.38. The number of nitrogens with zero attached hydrogens (tertiary/aromatic N) is 3. The van der Waals surface area contributed by atoms with Crippen molar-refractivity contribution in [3.8, 4) is 5.75 Å². The fourth-order valence-electron chi connectivity index (χ4n) is 4.37. The van der Waals surface area contributed by atoms with Crippen molar-refractivity contribution in [1.82, 2.24) is 4.90 Å². The molecule has 2 aromatic carbocycles. The van der Waals surface area contributed by atoms with E-state index in [1.165, 1.54) is 11.0 Å². The zero-order valence-electron chi connectivity index (χ0n) is 19.1. The van der Waals surface area contributed by atoms with E-state index in [0.29, 0.717) is 49.9 Å². The molecule has 0 aromatic heterocycles. The number of piperazine rings is 1. The van der Waals surface area contributed by atoms with E-state index in [4.69, 9.17) is 4.74 Å². The highest BCUT2D eigenvalue weighted by Gasteiger charge is 2.43. The quantitative estimate of drug-likeness (QED) is 0.441. The summed E-state index contributed by atoms with van der Waals surface area (Å²) in [4.78, 5) is 30.8. The monoisotopic (exact) mass is 475 g/mol. The van der Waals surface area contributed by atoms with Gasteiger partial charge < -0.3 is 9.64 Å². The maximum absolute atomic E-state index is 13.1. The Morgan fingerprint density at radius 2 is 1.68 bits per heavy atom. The molecule has 0 spiro atoms. The van der Waals surface area contributed by atoms with E-state index in [1.54, 1.807) is 30.3 Å². The molecule has 1 atom stereocenters. The van der Waals surface area contributed by atoms with Gasteiger partial charge in [0.05, 0.1) is 30.3 Å². The van der Waals surface area contributed by atoms with E-state index >= 15 is 0 Å². The van der Waals surface area contributed by atoms with Crippen LogP contribution in [-0.4, -0.2) is 55.5 Å². The minimum Gasteiger partial charge on any atom is -0.494 e. The molecule has 2 amide bonds. The fraction of sp³-hybridized carbons (Fsp3) is 0.440. The first kappa shape index (κ1) is 24.1. The van der Waals surface area contributed by atoms with E-state index in [0.717, 1.165) is 25.0 Å². The van der Waals surface area contributed by atoms with Crippen LogP contribution >= 0.6 is 0 Å². The summed E-state index contributed by atoms with van der Waals surface area (Å²) in [6.45, 7) is 4.62. The molecule has 4 rings (SSSR count). The van der Waals surface area contributed by atoms with Crippen LogP contribution in [0.3, 0.4) is 0 Å². The predicted octanol–water partition coefficient (Wildman–Crippen LogP) is 4.34. The molecule has 0 radical (unpaired) electrons. The third-order valence-corrected chi connectivity index (χ3v) is 6.28. The van der Waals surface area contributed by atoms with Crippen LogP contribution < -0.4 is 14.5 Å². The van der Waals surface area contributed by atoms with E-state index in [-0.39, 0.29) is 18.2 Å². The maximum Gasteiger partial charge on any atom is 0.416 e. The maximum atomic E-state index is 13.1. The van der Waals surface area contributed by atoms with Crippen molar-refractivity contribution in [3.63, 3.8) is 0 Å². The molecule has 182 valence electrons. The normalized spacial score (nSPS) is 19.7. The van der Waals surface area contributed by atoms with Gasteiger partial charge in [-0.15, -0.1) is 0 Å². The average molecular weight is 476 g/mol. The van der Waals surface area contributed by atoms with Crippen molar-refractivity contribution < 1.29 is 27.5 Å². The largest absolute Gasteiger partial charge is 0.494 e. The molecular formula is C25H28F3N3O3. The van der Waals surface area contributed by atoms with Gasteiger partial charge in [-0.05, 0) is 48.9 Å². The van der Waals surface area contributed by atoms with Crippen LogP contribution in [0.15, 0.2) is 48.5 Å². The number of imide groups is 1. The number of ether oxygens (including phenoxy) is 1. The standard InChI is InChI=1S/C25H28F3N3O3/c1-2-3-15-34-21-9-7-19(8-10-21)31-23(32)17-22(24(31)33)30-13-11-29(12-14-30)20-6-4-5-18(16-20)25(26,27)28/h4-10,16,22H,2-3,11-15,17H2,1H3/t22-/m0/s1. The SMILES string of the molecule is CCCCOc1ccc(N2C(=O)C[C@H](N3CCN(c4cccc(C(F)(F)F)c4)CC3)C2=O)cc1. The molecule has 0 N–H and O–H groups in total. The number of hydrogen-bond acceptors (Lipinski definition) is 5. The van der Waals surface area contributed by atoms with Gasteiger partial charge >= 0.3 is 6.18 Å². The van der Waals surface area contributed by atoms with Gasteiger partial charge in [0, 0.05) is 31.9 Å². The Kier molecular flexibility index (Phi) is 7.11. The fourth-order valence-corrected chi connectivity index (χ4v) is 4.37. The van der Waals surface area contributed by atoms with Crippen molar-refractivity contribution in [2.24, 2.45) is 0 Å². The summed E-state index contributed by atoms with van der Waals surface area (Å²) in [7, 11) is 0. The average Bonchev–Trinajstić information content (AvgIpc) is 3.13.